The molecule has 5 heteroatoms. The van der Waals surface area contributed by atoms with E-state index in [1.54, 1.807) is 6.07 Å². The number of aliphatic hydroxyl groups is 1. The summed E-state index contributed by atoms with van der Waals surface area (Å²) in [7, 11) is 0. The molecule has 2 aliphatic rings. The molecule has 24 heavy (non-hydrogen) atoms. The first-order chi connectivity index (χ1) is 11.5. The van der Waals surface area contributed by atoms with Gasteiger partial charge in [0.1, 0.15) is 5.82 Å². The van der Waals surface area contributed by atoms with Gasteiger partial charge in [0.15, 0.2) is 0 Å². The third-order valence-corrected chi connectivity index (χ3v) is 5.38. The van der Waals surface area contributed by atoms with Crippen LogP contribution in [0.2, 0.25) is 0 Å². The van der Waals surface area contributed by atoms with E-state index >= 15 is 0 Å². The number of piperidine rings is 2. The number of β-amino-alcohol motifs (C(OH)–C–C–N with tert-alkyl or cyclic N) is 1. The molecule has 132 valence electrons. The van der Waals surface area contributed by atoms with Crippen LogP contribution in [0.3, 0.4) is 0 Å². The average molecular weight is 334 g/mol. The maximum absolute atomic E-state index is 13.2. The molecule has 1 aromatic carbocycles. The maximum atomic E-state index is 13.2. The van der Waals surface area contributed by atoms with E-state index in [-0.39, 0.29) is 5.82 Å². The van der Waals surface area contributed by atoms with E-state index in [9.17, 15) is 14.3 Å². The van der Waals surface area contributed by atoms with Gasteiger partial charge in [0.05, 0.1) is 6.10 Å². The van der Waals surface area contributed by atoms with Gasteiger partial charge in [-0.1, -0.05) is 6.07 Å². The fourth-order valence-electron chi connectivity index (χ4n) is 3.98. The first-order valence-corrected chi connectivity index (χ1v) is 9.00. The number of aryl methyl sites for hydroxylation is 1. The molecule has 0 bridgehead atoms. The highest BCUT2D eigenvalue weighted by Gasteiger charge is 2.30. The molecule has 0 spiro atoms. The highest BCUT2D eigenvalue weighted by Crippen LogP contribution is 2.24. The van der Waals surface area contributed by atoms with Crippen molar-refractivity contribution in [2.24, 2.45) is 0 Å². The fraction of sp³-hybridized carbons (Fsp3) is 0.632. The number of likely N-dealkylation sites (tertiary alicyclic amines) is 2. The Kier molecular flexibility index (Phi) is 5.51. The van der Waals surface area contributed by atoms with Gasteiger partial charge in [0, 0.05) is 38.6 Å². The summed E-state index contributed by atoms with van der Waals surface area (Å²) in [4.78, 5) is 16.4. The average Bonchev–Trinajstić information content (AvgIpc) is 2.56. The van der Waals surface area contributed by atoms with Crippen molar-refractivity contribution in [3.05, 3.63) is 35.1 Å². The van der Waals surface area contributed by atoms with Crippen LogP contribution in [0.1, 0.15) is 49.3 Å². The molecule has 2 saturated heterocycles. The van der Waals surface area contributed by atoms with Crippen LogP contribution in [0.4, 0.5) is 4.39 Å². The van der Waals surface area contributed by atoms with Gasteiger partial charge in [-0.25, -0.2) is 4.39 Å². The Morgan fingerprint density at radius 1 is 1.25 bits per heavy atom. The summed E-state index contributed by atoms with van der Waals surface area (Å²) in [5, 5.41) is 10.5. The Bertz CT molecular complexity index is 585. The third kappa shape index (κ3) is 3.95. The molecule has 1 atom stereocenters. The molecule has 2 aliphatic heterocycles. The number of rotatable bonds is 4. The molecule has 1 unspecified atom stereocenters. The van der Waals surface area contributed by atoms with Gasteiger partial charge in [-0.2, -0.15) is 0 Å². The SMILES string of the molecule is Cc1cc(F)ccc1C(O)CN1CCC(N2CCCCC2=O)CC1. The van der Waals surface area contributed by atoms with Crippen LogP contribution in [0.15, 0.2) is 18.2 Å². The summed E-state index contributed by atoms with van der Waals surface area (Å²) >= 11 is 0. The van der Waals surface area contributed by atoms with Crippen LogP contribution >= 0.6 is 0 Å². The van der Waals surface area contributed by atoms with Crippen molar-refractivity contribution in [3.63, 3.8) is 0 Å². The highest BCUT2D eigenvalue weighted by molar-refractivity contribution is 5.77. The Morgan fingerprint density at radius 2 is 2.00 bits per heavy atom. The quantitative estimate of drug-likeness (QED) is 0.921. The van der Waals surface area contributed by atoms with Crippen LogP contribution in [0.25, 0.3) is 0 Å². The molecule has 1 amide bonds. The van der Waals surface area contributed by atoms with Gasteiger partial charge in [-0.15, -0.1) is 0 Å². The highest BCUT2D eigenvalue weighted by atomic mass is 19.1. The predicted octanol–water partition coefficient (Wildman–Crippen LogP) is 2.64. The zero-order valence-corrected chi connectivity index (χ0v) is 14.4. The largest absolute Gasteiger partial charge is 0.387 e. The molecule has 3 rings (SSSR count). The van der Waals surface area contributed by atoms with E-state index in [1.807, 2.05) is 6.92 Å². The second-order valence-corrected chi connectivity index (χ2v) is 7.09. The van der Waals surface area contributed by atoms with E-state index in [0.29, 0.717) is 24.9 Å². The first kappa shape index (κ1) is 17.4. The Labute approximate surface area is 143 Å². The molecular formula is C19H27FN2O2. The van der Waals surface area contributed by atoms with E-state index in [2.05, 4.69) is 9.80 Å². The number of carbonyl (C=O) groups is 1. The van der Waals surface area contributed by atoms with Gasteiger partial charge in [0.2, 0.25) is 5.91 Å². The predicted molar refractivity (Wildman–Crippen MR) is 91.1 cm³/mol. The van der Waals surface area contributed by atoms with Crippen molar-refractivity contribution in [3.8, 4) is 0 Å². The van der Waals surface area contributed by atoms with Crippen molar-refractivity contribution in [1.82, 2.24) is 9.80 Å². The van der Waals surface area contributed by atoms with E-state index in [0.717, 1.165) is 56.4 Å². The van der Waals surface area contributed by atoms with Crippen molar-refractivity contribution in [2.45, 2.75) is 51.2 Å². The van der Waals surface area contributed by atoms with Crippen molar-refractivity contribution >= 4 is 5.91 Å². The standard InChI is InChI=1S/C19H27FN2O2/c1-14-12-15(20)5-6-17(14)18(23)13-21-10-7-16(8-11-21)22-9-3-2-4-19(22)24/h5-6,12,16,18,23H,2-4,7-11,13H2,1H3. The molecule has 0 radical (unpaired) electrons. The van der Waals surface area contributed by atoms with Crippen molar-refractivity contribution < 1.29 is 14.3 Å². The zero-order chi connectivity index (χ0) is 17.1. The molecule has 0 aromatic heterocycles. The summed E-state index contributed by atoms with van der Waals surface area (Å²) in [6.45, 7) is 5.08. The van der Waals surface area contributed by atoms with E-state index in [1.165, 1.54) is 12.1 Å². The number of amides is 1. The summed E-state index contributed by atoms with van der Waals surface area (Å²) < 4.78 is 13.2. The molecule has 1 N–H and O–H groups in total. The van der Waals surface area contributed by atoms with Crippen LogP contribution in [-0.2, 0) is 4.79 Å². The molecule has 0 saturated carbocycles. The summed E-state index contributed by atoms with van der Waals surface area (Å²) in [6, 6.07) is 4.90. The maximum Gasteiger partial charge on any atom is 0.222 e. The minimum atomic E-state index is -0.598. The van der Waals surface area contributed by atoms with Gasteiger partial charge in [-0.3, -0.25) is 4.79 Å². The van der Waals surface area contributed by atoms with Crippen molar-refractivity contribution in [1.29, 1.82) is 0 Å². The second-order valence-electron chi connectivity index (χ2n) is 7.09. The minimum absolute atomic E-state index is 0.268. The minimum Gasteiger partial charge on any atom is -0.387 e. The smallest absolute Gasteiger partial charge is 0.222 e. The van der Waals surface area contributed by atoms with Crippen LogP contribution in [0, 0.1) is 12.7 Å². The number of hydrogen-bond donors (Lipinski definition) is 1. The Morgan fingerprint density at radius 3 is 2.67 bits per heavy atom. The third-order valence-electron chi connectivity index (χ3n) is 5.38. The molecular weight excluding hydrogens is 307 g/mol. The number of halogens is 1. The zero-order valence-electron chi connectivity index (χ0n) is 14.4. The lowest BCUT2D eigenvalue weighted by Gasteiger charge is -2.40. The summed E-state index contributed by atoms with van der Waals surface area (Å²) in [5.74, 6) is 0.0390. The number of hydrogen-bond acceptors (Lipinski definition) is 3. The van der Waals surface area contributed by atoms with E-state index < -0.39 is 6.10 Å². The van der Waals surface area contributed by atoms with Crippen LogP contribution in [0.5, 0.6) is 0 Å². The summed E-state index contributed by atoms with van der Waals surface area (Å²) in [6.07, 6.45) is 4.19. The van der Waals surface area contributed by atoms with Gasteiger partial charge in [-0.05, 0) is 55.9 Å². The first-order valence-electron chi connectivity index (χ1n) is 9.00. The number of aliphatic hydroxyl groups excluding tert-OH is 1. The molecule has 4 nitrogen and oxygen atoms in total. The molecule has 1 aromatic rings. The molecule has 2 fully saturated rings. The molecule has 2 heterocycles. The van der Waals surface area contributed by atoms with Gasteiger partial charge < -0.3 is 14.9 Å². The van der Waals surface area contributed by atoms with Crippen LogP contribution < -0.4 is 0 Å². The number of carbonyl (C=O) groups excluding carboxylic acids is 1. The Balaban J connectivity index is 1.52. The second kappa shape index (κ2) is 7.62. The van der Waals surface area contributed by atoms with Gasteiger partial charge >= 0.3 is 0 Å². The summed E-state index contributed by atoms with van der Waals surface area (Å²) in [5.41, 5.74) is 1.58. The Hall–Kier alpha value is -1.46. The lowest BCUT2D eigenvalue weighted by Crippen LogP contribution is -2.49. The monoisotopic (exact) mass is 334 g/mol. The normalized spacial score (nSPS) is 22.0. The van der Waals surface area contributed by atoms with Gasteiger partial charge in [0.25, 0.3) is 0 Å². The number of nitrogens with zero attached hydrogens (tertiary/aromatic N) is 2. The van der Waals surface area contributed by atoms with Crippen LogP contribution in [-0.4, -0.2) is 53.0 Å². The fourth-order valence-corrected chi connectivity index (χ4v) is 3.98. The van der Waals surface area contributed by atoms with E-state index in [4.69, 9.17) is 0 Å². The number of benzene rings is 1. The van der Waals surface area contributed by atoms with Crippen molar-refractivity contribution in [2.75, 3.05) is 26.2 Å². The topological polar surface area (TPSA) is 43.8 Å². The molecule has 0 aliphatic carbocycles. The lowest BCUT2D eigenvalue weighted by molar-refractivity contribution is -0.136. The lowest BCUT2D eigenvalue weighted by atomic mass is 9.98.